The van der Waals surface area contributed by atoms with E-state index in [1.807, 2.05) is 43.3 Å². The molecule has 3 aromatic rings. The molecule has 9 heteroatoms. The minimum atomic E-state index is -2.89. The van der Waals surface area contributed by atoms with E-state index in [-0.39, 0.29) is 17.3 Å². The molecule has 0 saturated heterocycles. The van der Waals surface area contributed by atoms with Crippen LogP contribution in [0.4, 0.5) is 0 Å². The van der Waals surface area contributed by atoms with Crippen molar-refractivity contribution in [3.8, 4) is 0 Å². The van der Waals surface area contributed by atoms with E-state index in [0.717, 1.165) is 10.4 Å². The quantitative estimate of drug-likeness (QED) is 0.291. The van der Waals surface area contributed by atoms with Gasteiger partial charge in [-0.25, -0.2) is 9.78 Å². The van der Waals surface area contributed by atoms with Crippen LogP contribution in [0.5, 0.6) is 0 Å². The fourth-order valence-corrected chi connectivity index (χ4v) is 9.96. The highest BCUT2D eigenvalue weighted by atomic mass is 32.1. The van der Waals surface area contributed by atoms with Crippen LogP contribution in [0.25, 0.3) is 5.70 Å². The summed E-state index contributed by atoms with van der Waals surface area (Å²) in [6, 6.07) is 19.5. The van der Waals surface area contributed by atoms with Gasteiger partial charge in [0.2, 0.25) is 5.91 Å². The molecule has 1 heterocycles. The standard InChI is InChI=1S/C29H37N3O4SSi/c1-7-23(27-32-24(19-37-27)28(34)35-8-2)31-26(33)25(30)20(3)36-38(29(4,5)6,21-15-11-9-12-16-21)22-17-13-10-14-18-22/h7,9-20,25H,8,30H2,1-6H3,(H,31,33)/b23-7+/t20-,25+/m1/s1. The lowest BCUT2D eigenvalue weighted by Gasteiger charge is -2.45. The number of rotatable bonds is 10. The smallest absolute Gasteiger partial charge is 0.357 e. The number of benzene rings is 2. The molecule has 2 atom stereocenters. The molecule has 0 spiro atoms. The highest BCUT2D eigenvalue weighted by Gasteiger charge is 2.51. The predicted octanol–water partition coefficient (Wildman–Crippen LogP) is 4.09. The van der Waals surface area contributed by atoms with Crippen molar-refractivity contribution in [3.05, 3.63) is 82.8 Å². The van der Waals surface area contributed by atoms with Gasteiger partial charge in [0.25, 0.3) is 8.32 Å². The molecule has 1 amide bonds. The number of ether oxygens (including phenoxy) is 1. The van der Waals surface area contributed by atoms with E-state index in [4.69, 9.17) is 14.9 Å². The molecule has 3 rings (SSSR count). The SMILES string of the molecule is C/C=C(/NC(=O)[C@@H](N)[C@@H](C)O[Si](c1ccccc1)(c1ccccc1)C(C)(C)C)c1nc(C(=O)OCC)cs1. The summed E-state index contributed by atoms with van der Waals surface area (Å²) < 4.78 is 12.0. The second kappa shape index (κ2) is 12.6. The predicted molar refractivity (Wildman–Crippen MR) is 156 cm³/mol. The number of esters is 1. The van der Waals surface area contributed by atoms with Gasteiger partial charge < -0.3 is 20.2 Å². The van der Waals surface area contributed by atoms with Crippen molar-refractivity contribution in [3.63, 3.8) is 0 Å². The van der Waals surface area contributed by atoms with Crippen molar-refractivity contribution >= 4 is 47.6 Å². The summed E-state index contributed by atoms with van der Waals surface area (Å²) in [5, 5.41) is 6.96. The van der Waals surface area contributed by atoms with Gasteiger partial charge in [0.05, 0.1) is 18.4 Å². The van der Waals surface area contributed by atoms with Gasteiger partial charge in [0.1, 0.15) is 11.0 Å². The van der Waals surface area contributed by atoms with Gasteiger partial charge in [-0.15, -0.1) is 11.3 Å². The maximum atomic E-state index is 13.3. The third-order valence-electron chi connectivity index (χ3n) is 6.35. The number of hydrogen-bond donors (Lipinski definition) is 2. The zero-order valence-corrected chi connectivity index (χ0v) is 24.7. The second-order valence-electron chi connectivity index (χ2n) is 9.96. The van der Waals surface area contributed by atoms with E-state index in [1.165, 1.54) is 11.3 Å². The van der Waals surface area contributed by atoms with Crippen molar-refractivity contribution in [2.24, 2.45) is 5.73 Å². The number of carbonyl (C=O) groups is 2. The molecular formula is C29H37N3O4SSi. The highest BCUT2D eigenvalue weighted by Crippen LogP contribution is 2.37. The summed E-state index contributed by atoms with van der Waals surface area (Å²) in [6.45, 7) is 12.2. The number of carbonyl (C=O) groups excluding carboxylic acids is 2. The van der Waals surface area contributed by atoms with Crippen LogP contribution in [-0.2, 0) is 14.0 Å². The molecule has 0 bridgehead atoms. The van der Waals surface area contributed by atoms with Crippen molar-refractivity contribution in [2.45, 2.75) is 58.7 Å². The van der Waals surface area contributed by atoms with E-state index >= 15 is 0 Å². The lowest BCUT2D eigenvalue weighted by molar-refractivity contribution is -0.123. The van der Waals surface area contributed by atoms with Crippen LogP contribution in [0.2, 0.25) is 5.04 Å². The van der Waals surface area contributed by atoms with Crippen LogP contribution in [0.3, 0.4) is 0 Å². The summed E-state index contributed by atoms with van der Waals surface area (Å²) in [5.74, 6) is -0.891. The minimum Gasteiger partial charge on any atom is -0.461 e. The Morgan fingerprint density at radius 3 is 2.11 bits per heavy atom. The fourth-order valence-electron chi connectivity index (χ4n) is 4.42. The minimum absolute atomic E-state index is 0.202. The normalized spacial score (nSPS) is 14.0. The topological polar surface area (TPSA) is 104 Å². The van der Waals surface area contributed by atoms with E-state index in [0.29, 0.717) is 10.7 Å². The third-order valence-corrected chi connectivity index (χ3v) is 12.4. The van der Waals surface area contributed by atoms with E-state index in [2.05, 4.69) is 55.3 Å². The number of nitrogens with one attached hydrogen (secondary N) is 1. The van der Waals surface area contributed by atoms with Gasteiger partial charge in [-0.1, -0.05) is 87.5 Å². The van der Waals surface area contributed by atoms with Crippen LogP contribution in [0.1, 0.15) is 57.0 Å². The van der Waals surface area contributed by atoms with Crippen molar-refractivity contribution in [2.75, 3.05) is 6.61 Å². The number of nitrogens with zero attached hydrogens (tertiary/aromatic N) is 1. The number of thiazole rings is 1. The summed E-state index contributed by atoms with van der Waals surface area (Å²) >= 11 is 1.25. The Morgan fingerprint density at radius 1 is 1.08 bits per heavy atom. The molecule has 3 N–H and O–H groups in total. The Balaban J connectivity index is 1.88. The summed E-state index contributed by atoms with van der Waals surface area (Å²) in [5.41, 5.74) is 7.19. The zero-order chi connectivity index (χ0) is 27.9. The van der Waals surface area contributed by atoms with E-state index in [1.54, 1.807) is 25.3 Å². The zero-order valence-electron chi connectivity index (χ0n) is 22.9. The van der Waals surface area contributed by atoms with Crippen LogP contribution in [0, 0.1) is 0 Å². The van der Waals surface area contributed by atoms with Crippen LogP contribution < -0.4 is 21.4 Å². The molecule has 0 aliphatic carbocycles. The molecule has 0 aliphatic heterocycles. The molecule has 0 fully saturated rings. The number of aromatic nitrogens is 1. The lowest BCUT2D eigenvalue weighted by atomic mass is 10.2. The Hall–Kier alpha value is -3.11. The monoisotopic (exact) mass is 551 g/mol. The van der Waals surface area contributed by atoms with Crippen LogP contribution >= 0.6 is 11.3 Å². The molecule has 0 saturated carbocycles. The van der Waals surface area contributed by atoms with Crippen molar-refractivity contribution in [1.29, 1.82) is 0 Å². The summed E-state index contributed by atoms with van der Waals surface area (Å²) in [7, 11) is -2.89. The number of nitrogens with two attached hydrogens (primary N) is 1. The van der Waals surface area contributed by atoms with Crippen LogP contribution in [0.15, 0.2) is 72.1 Å². The number of allylic oxidation sites excluding steroid dienone is 1. The van der Waals surface area contributed by atoms with Gasteiger partial charge >= 0.3 is 5.97 Å². The van der Waals surface area contributed by atoms with E-state index in [9.17, 15) is 9.59 Å². The lowest BCUT2D eigenvalue weighted by Crippen LogP contribution is -2.69. The molecular weight excluding hydrogens is 514 g/mol. The molecule has 1 aromatic heterocycles. The fraction of sp³-hybridized carbons (Fsp3) is 0.345. The molecule has 7 nitrogen and oxygen atoms in total. The Labute approximate surface area is 230 Å². The second-order valence-corrected chi connectivity index (χ2v) is 15.1. The Morgan fingerprint density at radius 2 is 1.63 bits per heavy atom. The first kappa shape index (κ1) is 29.4. The van der Waals surface area contributed by atoms with Gasteiger partial charge in [-0.3, -0.25) is 4.79 Å². The first-order chi connectivity index (χ1) is 18.0. The average molecular weight is 552 g/mol. The molecule has 0 aliphatic rings. The Kier molecular flexibility index (Phi) is 9.78. The third kappa shape index (κ3) is 6.29. The molecule has 38 heavy (non-hydrogen) atoms. The first-order valence-electron chi connectivity index (χ1n) is 12.7. The Bertz CT molecular complexity index is 1220. The molecule has 202 valence electrons. The molecule has 0 radical (unpaired) electrons. The van der Waals surface area contributed by atoms with Crippen molar-refractivity contribution < 1.29 is 18.8 Å². The maximum absolute atomic E-state index is 13.3. The number of hydrogen-bond acceptors (Lipinski definition) is 7. The largest absolute Gasteiger partial charge is 0.461 e. The molecule has 0 unspecified atom stereocenters. The van der Waals surface area contributed by atoms with Crippen LogP contribution in [-0.4, -0.2) is 43.9 Å². The highest BCUT2D eigenvalue weighted by molar-refractivity contribution is 7.11. The average Bonchev–Trinajstić information content (AvgIpc) is 3.40. The number of amides is 1. The van der Waals surface area contributed by atoms with Gasteiger partial charge in [-0.2, -0.15) is 0 Å². The molecule has 2 aromatic carbocycles. The van der Waals surface area contributed by atoms with Gasteiger partial charge in [0.15, 0.2) is 5.69 Å². The van der Waals surface area contributed by atoms with E-state index < -0.39 is 32.3 Å². The summed E-state index contributed by atoms with van der Waals surface area (Å²) in [6.07, 6.45) is 1.14. The summed E-state index contributed by atoms with van der Waals surface area (Å²) in [4.78, 5) is 29.7. The van der Waals surface area contributed by atoms with Gasteiger partial charge in [0, 0.05) is 5.38 Å². The van der Waals surface area contributed by atoms with Gasteiger partial charge in [-0.05, 0) is 36.2 Å². The maximum Gasteiger partial charge on any atom is 0.357 e. The van der Waals surface area contributed by atoms with Crippen molar-refractivity contribution in [1.82, 2.24) is 10.3 Å². The first-order valence-corrected chi connectivity index (χ1v) is 15.5.